The lowest BCUT2D eigenvalue weighted by atomic mass is 10.2. The normalized spacial score (nSPS) is 15.8. The van der Waals surface area contributed by atoms with Crippen molar-refractivity contribution in [1.29, 1.82) is 0 Å². The van der Waals surface area contributed by atoms with Crippen LogP contribution in [-0.2, 0) is 19.6 Å². The van der Waals surface area contributed by atoms with E-state index in [1.807, 2.05) is 0 Å². The van der Waals surface area contributed by atoms with Gasteiger partial charge in [-0.05, 0) is 36.4 Å². The summed E-state index contributed by atoms with van der Waals surface area (Å²) in [4.78, 5) is 16.3. The fourth-order valence-corrected chi connectivity index (χ4v) is 4.21. The number of halogens is 1. The highest BCUT2D eigenvalue weighted by molar-refractivity contribution is 7.89. The van der Waals surface area contributed by atoms with E-state index < -0.39 is 21.8 Å². The van der Waals surface area contributed by atoms with Crippen LogP contribution in [-0.4, -0.2) is 37.7 Å². The largest absolute Gasteiger partial charge is 0.402 e. The van der Waals surface area contributed by atoms with Crippen LogP contribution in [0, 0.1) is 5.82 Å². The maximum atomic E-state index is 13.8. The molecule has 0 saturated carbocycles. The smallest absolute Gasteiger partial charge is 0.363 e. The summed E-state index contributed by atoms with van der Waals surface area (Å²) < 4.78 is 45.3. The van der Waals surface area contributed by atoms with Gasteiger partial charge < -0.3 is 4.74 Å². The van der Waals surface area contributed by atoms with Gasteiger partial charge in [0.1, 0.15) is 5.82 Å². The number of ether oxygens (including phenoxy) is 1. The molecule has 0 N–H and O–H groups in total. The highest BCUT2D eigenvalue weighted by Crippen LogP contribution is 2.22. The van der Waals surface area contributed by atoms with Gasteiger partial charge in [0.25, 0.3) is 0 Å². The molecule has 1 heterocycles. The van der Waals surface area contributed by atoms with Gasteiger partial charge in [0, 0.05) is 24.2 Å². The second-order valence-corrected chi connectivity index (χ2v) is 7.91. The predicted octanol–water partition coefficient (Wildman–Crippen LogP) is 3.20. The van der Waals surface area contributed by atoms with Gasteiger partial charge in [0.15, 0.2) is 5.70 Å². The molecule has 0 aromatic heterocycles. The average molecular weight is 402 g/mol. The fraction of sp³-hybridized carbons (Fsp3) is 0.200. The first kappa shape index (κ1) is 19.9. The van der Waals surface area contributed by atoms with Crippen molar-refractivity contribution in [1.82, 2.24) is 4.31 Å². The number of sulfonamides is 1. The van der Waals surface area contributed by atoms with E-state index in [-0.39, 0.29) is 22.1 Å². The van der Waals surface area contributed by atoms with E-state index in [4.69, 9.17) is 4.74 Å². The van der Waals surface area contributed by atoms with Crippen molar-refractivity contribution in [2.75, 3.05) is 13.1 Å². The highest BCUT2D eigenvalue weighted by Gasteiger charge is 2.26. The Morgan fingerprint density at radius 3 is 2.32 bits per heavy atom. The molecule has 0 amide bonds. The van der Waals surface area contributed by atoms with E-state index in [1.54, 1.807) is 26.0 Å². The van der Waals surface area contributed by atoms with Crippen molar-refractivity contribution in [2.45, 2.75) is 18.7 Å². The molecule has 0 bridgehead atoms. The molecule has 6 nitrogen and oxygen atoms in total. The maximum absolute atomic E-state index is 13.8. The first-order chi connectivity index (χ1) is 13.4. The minimum Gasteiger partial charge on any atom is -0.402 e. The predicted molar refractivity (Wildman–Crippen MR) is 104 cm³/mol. The zero-order valence-electron chi connectivity index (χ0n) is 15.4. The van der Waals surface area contributed by atoms with Gasteiger partial charge in [-0.3, -0.25) is 0 Å². The van der Waals surface area contributed by atoms with Crippen LogP contribution in [0.15, 0.2) is 64.1 Å². The van der Waals surface area contributed by atoms with Crippen LogP contribution in [0.1, 0.15) is 25.0 Å². The Bertz CT molecular complexity index is 1060. The number of hydrogen-bond donors (Lipinski definition) is 0. The van der Waals surface area contributed by atoms with Gasteiger partial charge in [-0.2, -0.15) is 4.31 Å². The number of esters is 1. The minimum atomic E-state index is -3.58. The molecule has 1 aliphatic heterocycles. The molecule has 2 aromatic carbocycles. The van der Waals surface area contributed by atoms with Gasteiger partial charge in [0.2, 0.25) is 15.9 Å². The van der Waals surface area contributed by atoms with Crippen molar-refractivity contribution in [3.05, 3.63) is 71.2 Å². The lowest BCUT2D eigenvalue weighted by molar-refractivity contribution is -0.129. The second-order valence-electron chi connectivity index (χ2n) is 5.97. The SMILES string of the molecule is CCN(CC)S(=O)(=O)c1ccc(C2=N/C(=C\c3ccccc3F)C(=O)O2)cc1. The summed E-state index contributed by atoms with van der Waals surface area (Å²) in [5, 5.41) is 0. The quantitative estimate of drug-likeness (QED) is 0.549. The van der Waals surface area contributed by atoms with Crippen molar-refractivity contribution < 1.29 is 22.3 Å². The molecular formula is C20H19FN2O4S. The summed E-state index contributed by atoms with van der Waals surface area (Å²) in [6, 6.07) is 11.9. The van der Waals surface area contributed by atoms with E-state index in [9.17, 15) is 17.6 Å². The second kappa shape index (κ2) is 8.04. The summed E-state index contributed by atoms with van der Waals surface area (Å²) in [5.41, 5.74) is 0.642. The third-order valence-electron chi connectivity index (χ3n) is 4.26. The van der Waals surface area contributed by atoms with Gasteiger partial charge in [-0.25, -0.2) is 22.6 Å². The Morgan fingerprint density at radius 2 is 1.71 bits per heavy atom. The molecule has 0 radical (unpaired) electrons. The van der Waals surface area contributed by atoms with Gasteiger partial charge in [-0.15, -0.1) is 0 Å². The molecule has 0 saturated heterocycles. The summed E-state index contributed by atoms with van der Waals surface area (Å²) in [6.45, 7) is 4.28. The lowest BCUT2D eigenvalue weighted by Gasteiger charge is -2.18. The minimum absolute atomic E-state index is 0.0278. The highest BCUT2D eigenvalue weighted by atomic mass is 32.2. The van der Waals surface area contributed by atoms with Crippen molar-refractivity contribution >= 4 is 28.0 Å². The molecule has 8 heteroatoms. The lowest BCUT2D eigenvalue weighted by Crippen LogP contribution is -2.30. The molecule has 0 unspecified atom stereocenters. The Morgan fingerprint density at radius 1 is 1.07 bits per heavy atom. The van der Waals surface area contributed by atoms with Crippen LogP contribution in [0.5, 0.6) is 0 Å². The third kappa shape index (κ3) is 3.88. The number of hydrogen-bond acceptors (Lipinski definition) is 5. The molecule has 28 heavy (non-hydrogen) atoms. The van der Waals surface area contributed by atoms with Crippen molar-refractivity contribution in [3.63, 3.8) is 0 Å². The van der Waals surface area contributed by atoms with Crippen LogP contribution in [0.2, 0.25) is 0 Å². The van der Waals surface area contributed by atoms with Crippen LogP contribution < -0.4 is 0 Å². The standard InChI is InChI=1S/C20H19FN2O4S/c1-3-23(4-2)28(25,26)16-11-9-14(10-12-16)19-22-18(20(24)27-19)13-15-7-5-6-8-17(15)21/h5-13H,3-4H2,1-2H3/b18-13-. The average Bonchev–Trinajstić information content (AvgIpc) is 3.05. The number of nitrogens with zero attached hydrogens (tertiary/aromatic N) is 2. The molecule has 2 aromatic rings. The molecule has 0 fully saturated rings. The first-order valence-electron chi connectivity index (χ1n) is 8.74. The van der Waals surface area contributed by atoms with Gasteiger partial charge in [-0.1, -0.05) is 32.0 Å². The Labute approximate surface area is 163 Å². The molecule has 3 rings (SSSR count). The topological polar surface area (TPSA) is 76.0 Å². The zero-order valence-corrected chi connectivity index (χ0v) is 16.2. The van der Waals surface area contributed by atoms with E-state index in [1.165, 1.54) is 46.8 Å². The summed E-state index contributed by atoms with van der Waals surface area (Å²) in [7, 11) is -3.58. The Kier molecular flexibility index (Phi) is 5.71. The monoisotopic (exact) mass is 402 g/mol. The van der Waals surface area contributed by atoms with Crippen molar-refractivity contribution in [3.8, 4) is 0 Å². The van der Waals surface area contributed by atoms with Gasteiger partial charge >= 0.3 is 5.97 Å². The van der Waals surface area contributed by atoms with E-state index in [2.05, 4.69) is 4.99 Å². The molecule has 0 spiro atoms. The van der Waals surface area contributed by atoms with Crippen LogP contribution in [0.4, 0.5) is 4.39 Å². The fourth-order valence-electron chi connectivity index (χ4n) is 2.75. The Hall–Kier alpha value is -2.84. The summed E-state index contributed by atoms with van der Waals surface area (Å²) >= 11 is 0. The van der Waals surface area contributed by atoms with Crippen LogP contribution in [0.25, 0.3) is 6.08 Å². The first-order valence-corrected chi connectivity index (χ1v) is 10.2. The molecule has 146 valence electrons. The van der Waals surface area contributed by atoms with Gasteiger partial charge in [0.05, 0.1) is 4.90 Å². The number of cyclic esters (lactones) is 1. The number of rotatable bonds is 6. The van der Waals surface area contributed by atoms with E-state index in [0.29, 0.717) is 18.7 Å². The Balaban J connectivity index is 1.89. The maximum Gasteiger partial charge on any atom is 0.363 e. The van der Waals surface area contributed by atoms with Crippen LogP contribution in [0.3, 0.4) is 0 Å². The molecular weight excluding hydrogens is 383 g/mol. The number of carbonyl (C=O) groups is 1. The van der Waals surface area contributed by atoms with Crippen LogP contribution >= 0.6 is 0 Å². The summed E-state index contributed by atoms with van der Waals surface area (Å²) in [6.07, 6.45) is 1.31. The summed E-state index contributed by atoms with van der Waals surface area (Å²) in [5.74, 6) is -1.13. The third-order valence-corrected chi connectivity index (χ3v) is 6.33. The number of carbonyl (C=O) groups excluding carboxylic acids is 1. The molecule has 1 aliphatic rings. The van der Waals surface area contributed by atoms with E-state index in [0.717, 1.165) is 0 Å². The number of benzene rings is 2. The zero-order chi connectivity index (χ0) is 20.3. The van der Waals surface area contributed by atoms with E-state index >= 15 is 0 Å². The molecule has 0 aliphatic carbocycles. The molecule has 0 atom stereocenters. The number of aliphatic imine (C=N–C) groups is 1. The van der Waals surface area contributed by atoms with Crippen molar-refractivity contribution in [2.24, 2.45) is 4.99 Å².